The third-order valence-corrected chi connectivity index (χ3v) is 4.08. The van der Waals surface area contributed by atoms with Crippen LogP contribution < -0.4 is 14.8 Å². The van der Waals surface area contributed by atoms with Gasteiger partial charge in [-0.05, 0) is 78.1 Å². The van der Waals surface area contributed by atoms with Crippen LogP contribution in [0.4, 0.5) is 4.39 Å². The van der Waals surface area contributed by atoms with Crippen molar-refractivity contribution in [2.75, 3.05) is 19.8 Å². The fourth-order valence-electron chi connectivity index (χ4n) is 2.39. The number of ether oxygens (including phenoxy) is 2. The summed E-state index contributed by atoms with van der Waals surface area (Å²) in [6.07, 6.45) is 0.858. The van der Waals surface area contributed by atoms with Gasteiger partial charge in [-0.15, -0.1) is 12.4 Å². The lowest BCUT2D eigenvalue weighted by Crippen LogP contribution is -2.17. The van der Waals surface area contributed by atoms with E-state index in [9.17, 15) is 4.39 Å². The summed E-state index contributed by atoms with van der Waals surface area (Å²) in [4.78, 5) is 0. The van der Waals surface area contributed by atoms with Crippen molar-refractivity contribution < 1.29 is 13.9 Å². The Balaban J connectivity index is 0.00000312. The van der Waals surface area contributed by atoms with E-state index < -0.39 is 0 Å². The highest BCUT2D eigenvalue weighted by Crippen LogP contribution is 2.36. The fraction of sp³-hybridized carbons (Fsp3) is 0.368. The van der Waals surface area contributed by atoms with Crippen molar-refractivity contribution in [3.05, 3.63) is 57.8 Å². The first-order chi connectivity index (χ1) is 11.6. The van der Waals surface area contributed by atoms with Crippen molar-refractivity contribution in [2.24, 2.45) is 0 Å². The number of halogens is 3. The predicted octanol–water partition coefficient (Wildman–Crippen LogP) is 5.14. The van der Waals surface area contributed by atoms with Gasteiger partial charge in [-0.1, -0.05) is 12.1 Å². The van der Waals surface area contributed by atoms with Gasteiger partial charge in [0.05, 0.1) is 17.7 Å². The highest BCUT2D eigenvalue weighted by Gasteiger charge is 2.11. The van der Waals surface area contributed by atoms with Crippen molar-refractivity contribution in [3.8, 4) is 11.5 Å². The molecule has 0 amide bonds. The summed E-state index contributed by atoms with van der Waals surface area (Å²) in [5.74, 6) is 1.30. The van der Waals surface area contributed by atoms with Crippen LogP contribution in [0.2, 0.25) is 0 Å². The molecule has 2 aromatic rings. The molecule has 2 aromatic carbocycles. The molecule has 138 valence electrons. The highest BCUT2D eigenvalue weighted by atomic mass is 79.9. The van der Waals surface area contributed by atoms with E-state index in [1.54, 1.807) is 0 Å². The van der Waals surface area contributed by atoms with Crippen molar-refractivity contribution in [3.63, 3.8) is 0 Å². The minimum absolute atomic E-state index is 0. The van der Waals surface area contributed by atoms with Gasteiger partial charge in [0, 0.05) is 6.54 Å². The van der Waals surface area contributed by atoms with Gasteiger partial charge >= 0.3 is 0 Å². The molecule has 1 N–H and O–H groups in total. The van der Waals surface area contributed by atoms with Crippen LogP contribution in [0.25, 0.3) is 0 Å². The molecule has 6 heteroatoms. The maximum absolute atomic E-state index is 12.9. The number of hydrogen-bond donors (Lipinski definition) is 1. The van der Waals surface area contributed by atoms with Crippen LogP contribution in [-0.2, 0) is 13.0 Å². The lowest BCUT2D eigenvalue weighted by atomic mass is 10.1. The summed E-state index contributed by atoms with van der Waals surface area (Å²) < 4.78 is 25.1. The van der Waals surface area contributed by atoms with Crippen LogP contribution in [0.1, 0.15) is 25.0 Å². The largest absolute Gasteiger partial charge is 0.490 e. The normalized spacial score (nSPS) is 10.2. The summed E-state index contributed by atoms with van der Waals surface area (Å²) >= 11 is 3.55. The van der Waals surface area contributed by atoms with E-state index in [-0.39, 0.29) is 18.2 Å². The van der Waals surface area contributed by atoms with Gasteiger partial charge < -0.3 is 14.8 Å². The van der Waals surface area contributed by atoms with Crippen LogP contribution in [-0.4, -0.2) is 19.8 Å². The average molecular weight is 433 g/mol. The van der Waals surface area contributed by atoms with Crippen molar-refractivity contribution in [1.29, 1.82) is 0 Å². The van der Waals surface area contributed by atoms with Crippen LogP contribution in [0, 0.1) is 5.82 Å². The molecule has 0 bridgehead atoms. The summed E-state index contributed by atoms with van der Waals surface area (Å²) in [5, 5.41) is 3.40. The minimum atomic E-state index is -0.200. The molecule has 0 aliphatic carbocycles. The van der Waals surface area contributed by atoms with E-state index in [0.29, 0.717) is 13.2 Å². The van der Waals surface area contributed by atoms with Crippen molar-refractivity contribution in [1.82, 2.24) is 5.32 Å². The molecular formula is C19H24BrClFNO2. The summed E-state index contributed by atoms with van der Waals surface area (Å²) in [7, 11) is 0. The monoisotopic (exact) mass is 431 g/mol. The molecule has 0 radical (unpaired) electrons. The Hall–Kier alpha value is -1.30. The molecule has 0 saturated carbocycles. The van der Waals surface area contributed by atoms with E-state index >= 15 is 0 Å². The van der Waals surface area contributed by atoms with E-state index in [4.69, 9.17) is 9.47 Å². The molecule has 0 unspecified atom stereocenters. The molecule has 2 rings (SSSR count). The number of benzene rings is 2. The van der Waals surface area contributed by atoms with Gasteiger partial charge in [0.2, 0.25) is 0 Å². The molecule has 0 aromatic heterocycles. The zero-order chi connectivity index (χ0) is 17.4. The maximum Gasteiger partial charge on any atom is 0.175 e. The maximum atomic E-state index is 12.9. The number of hydrogen-bond acceptors (Lipinski definition) is 3. The standard InChI is InChI=1S/C19H23BrFNO2.ClH/c1-3-23-18-12-15(11-17(20)19(18)24-4-2)13-22-10-9-14-5-7-16(21)8-6-14;/h5-8,11-12,22H,3-4,9-10,13H2,1-2H3;1H. The fourth-order valence-corrected chi connectivity index (χ4v) is 2.99. The third kappa shape index (κ3) is 6.84. The lowest BCUT2D eigenvalue weighted by Gasteiger charge is -2.15. The molecule has 0 atom stereocenters. The number of rotatable bonds is 9. The van der Waals surface area contributed by atoms with Crippen LogP contribution in [0.5, 0.6) is 11.5 Å². The Morgan fingerprint density at radius 3 is 2.32 bits per heavy atom. The second-order valence-electron chi connectivity index (χ2n) is 5.32. The predicted molar refractivity (Wildman–Crippen MR) is 106 cm³/mol. The molecule has 0 heterocycles. The zero-order valence-corrected chi connectivity index (χ0v) is 16.9. The minimum Gasteiger partial charge on any atom is -0.490 e. The molecule has 25 heavy (non-hydrogen) atoms. The summed E-state index contributed by atoms with van der Waals surface area (Å²) in [5.41, 5.74) is 2.24. The second-order valence-corrected chi connectivity index (χ2v) is 6.18. The van der Waals surface area contributed by atoms with Crippen molar-refractivity contribution in [2.45, 2.75) is 26.8 Å². The van der Waals surface area contributed by atoms with Gasteiger partial charge in [-0.3, -0.25) is 0 Å². The molecule has 0 aliphatic rings. The molecule has 0 saturated heterocycles. The van der Waals surface area contributed by atoms with Crippen LogP contribution in [0.15, 0.2) is 40.9 Å². The SMILES string of the molecule is CCOc1cc(CNCCc2ccc(F)cc2)cc(Br)c1OCC.Cl. The van der Waals surface area contributed by atoms with Gasteiger partial charge in [0.25, 0.3) is 0 Å². The highest BCUT2D eigenvalue weighted by molar-refractivity contribution is 9.10. The molecule has 0 spiro atoms. The van der Waals surface area contributed by atoms with Gasteiger partial charge in [0.15, 0.2) is 11.5 Å². The molecule has 3 nitrogen and oxygen atoms in total. The van der Waals surface area contributed by atoms with E-state index in [2.05, 4.69) is 21.2 Å². The topological polar surface area (TPSA) is 30.5 Å². The third-order valence-electron chi connectivity index (χ3n) is 3.49. The first-order valence-corrected chi connectivity index (χ1v) is 8.96. The quantitative estimate of drug-likeness (QED) is 0.557. The average Bonchev–Trinajstić information content (AvgIpc) is 2.57. The smallest absolute Gasteiger partial charge is 0.175 e. The van der Waals surface area contributed by atoms with Gasteiger partial charge in [0.1, 0.15) is 5.82 Å². The number of nitrogens with one attached hydrogen (secondary N) is 1. The van der Waals surface area contributed by atoms with Gasteiger partial charge in [-0.2, -0.15) is 0 Å². The Labute approximate surface area is 163 Å². The summed E-state index contributed by atoms with van der Waals surface area (Å²) in [6, 6.07) is 10.7. The molecule has 0 aliphatic heterocycles. The second kappa shape index (κ2) is 11.3. The van der Waals surface area contributed by atoms with Crippen LogP contribution in [0.3, 0.4) is 0 Å². The van der Waals surface area contributed by atoms with E-state index in [1.807, 2.05) is 38.1 Å². The lowest BCUT2D eigenvalue weighted by molar-refractivity contribution is 0.286. The first-order valence-electron chi connectivity index (χ1n) is 8.17. The Kier molecular flexibility index (Phi) is 9.86. The molecule has 0 fully saturated rings. The van der Waals surface area contributed by atoms with E-state index in [0.717, 1.165) is 46.6 Å². The Bertz CT molecular complexity index is 653. The van der Waals surface area contributed by atoms with Crippen LogP contribution >= 0.6 is 28.3 Å². The summed E-state index contributed by atoms with van der Waals surface area (Å²) in [6.45, 7) is 6.64. The molecular weight excluding hydrogens is 409 g/mol. The first kappa shape index (κ1) is 21.7. The zero-order valence-electron chi connectivity index (χ0n) is 14.5. The van der Waals surface area contributed by atoms with Gasteiger partial charge in [-0.25, -0.2) is 4.39 Å². The van der Waals surface area contributed by atoms with Crippen molar-refractivity contribution >= 4 is 28.3 Å². The Morgan fingerprint density at radius 1 is 1.00 bits per heavy atom. The Morgan fingerprint density at radius 2 is 1.68 bits per heavy atom. The van der Waals surface area contributed by atoms with E-state index in [1.165, 1.54) is 12.1 Å².